The largest absolute Gasteiger partial charge is 0.484 e. The van der Waals surface area contributed by atoms with Gasteiger partial charge in [-0.15, -0.1) is 0 Å². The Kier molecular flexibility index (Phi) is 5.10. The predicted molar refractivity (Wildman–Crippen MR) is 83.6 cm³/mol. The summed E-state index contributed by atoms with van der Waals surface area (Å²) < 4.78 is 5.38. The monoisotopic (exact) mass is 282 g/mol. The van der Waals surface area contributed by atoms with E-state index in [0.29, 0.717) is 5.75 Å². The van der Waals surface area contributed by atoms with E-state index in [-0.39, 0.29) is 12.5 Å². The number of aryl methyl sites for hydroxylation is 2. The van der Waals surface area contributed by atoms with Crippen LogP contribution in [0, 0.1) is 13.8 Å². The van der Waals surface area contributed by atoms with Gasteiger partial charge in [-0.05, 0) is 37.1 Å². The number of rotatable bonds is 5. The lowest BCUT2D eigenvalue weighted by atomic mass is 10.2. The molecule has 0 bridgehead atoms. The number of nitrogens with zero attached hydrogens (tertiary/aromatic N) is 1. The van der Waals surface area contributed by atoms with Gasteiger partial charge >= 0.3 is 0 Å². The highest BCUT2D eigenvalue weighted by Gasteiger charge is 2.01. The van der Waals surface area contributed by atoms with Crippen LogP contribution in [0.5, 0.6) is 5.75 Å². The van der Waals surface area contributed by atoms with Gasteiger partial charge in [0, 0.05) is 0 Å². The fraction of sp³-hybridized carbons (Fsp3) is 0.176. The molecule has 21 heavy (non-hydrogen) atoms. The molecule has 0 aliphatic carbocycles. The number of amides is 1. The molecular formula is C17H18N2O2. The van der Waals surface area contributed by atoms with E-state index in [9.17, 15) is 4.79 Å². The molecule has 2 rings (SSSR count). The van der Waals surface area contributed by atoms with Crippen LogP contribution in [0.3, 0.4) is 0 Å². The fourth-order valence-corrected chi connectivity index (χ4v) is 1.72. The zero-order valence-electron chi connectivity index (χ0n) is 12.2. The minimum Gasteiger partial charge on any atom is -0.484 e. The molecule has 2 aromatic rings. The summed E-state index contributed by atoms with van der Waals surface area (Å²) in [4.78, 5) is 11.6. The van der Waals surface area contributed by atoms with Crippen LogP contribution in [0.4, 0.5) is 0 Å². The van der Waals surface area contributed by atoms with Crippen LogP contribution in [0.25, 0.3) is 0 Å². The van der Waals surface area contributed by atoms with E-state index >= 15 is 0 Å². The molecule has 4 nitrogen and oxygen atoms in total. The van der Waals surface area contributed by atoms with Gasteiger partial charge in [0.2, 0.25) is 0 Å². The molecule has 0 saturated heterocycles. The molecule has 0 heterocycles. The van der Waals surface area contributed by atoms with Crippen LogP contribution in [-0.4, -0.2) is 18.7 Å². The Balaban J connectivity index is 1.78. The van der Waals surface area contributed by atoms with Gasteiger partial charge < -0.3 is 4.74 Å². The topological polar surface area (TPSA) is 50.7 Å². The molecule has 0 aliphatic rings. The summed E-state index contributed by atoms with van der Waals surface area (Å²) in [5, 5.41) is 3.90. The number of hydrazone groups is 1. The van der Waals surface area contributed by atoms with E-state index in [2.05, 4.69) is 10.5 Å². The van der Waals surface area contributed by atoms with Crippen molar-refractivity contribution in [3.63, 3.8) is 0 Å². The Hall–Kier alpha value is -2.62. The van der Waals surface area contributed by atoms with Crippen molar-refractivity contribution in [1.29, 1.82) is 0 Å². The zero-order valence-corrected chi connectivity index (χ0v) is 12.2. The predicted octanol–water partition coefficient (Wildman–Crippen LogP) is 2.83. The average molecular weight is 282 g/mol. The third-order valence-corrected chi connectivity index (χ3v) is 2.84. The van der Waals surface area contributed by atoms with Crippen molar-refractivity contribution in [2.24, 2.45) is 5.10 Å². The summed E-state index contributed by atoms with van der Waals surface area (Å²) in [6.45, 7) is 3.93. The fourth-order valence-electron chi connectivity index (χ4n) is 1.72. The SMILES string of the molecule is Cc1ccc(C=NNC(=O)COc2cccc(C)c2)cc1. The molecule has 0 fully saturated rings. The minimum absolute atomic E-state index is 0.0608. The van der Waals surface area contributed by atoms with E-state index in [4.69, 9.17) is 4.74 Å². The van der Waals surface area contributed by atoms with Crippen molar-refractivity contribution in [2.45, 2.75) is 13.8 Å². The maximum absolute atomic E-state index is 11.6. The van der Waals surface area contributed by atoms with Crippen molar-refractivity contribution in [1.82, 2.24) is 5.43 Å². The Labute approximate surface area is 124 Å². The van der Waals surface area contributed by atoms with Crippen molar-refractivity contribution in [3.05, 3.63) is 65.2 Å². The lowest BCUT2D eigenvalue weighted by Crippen LogP contribution is -2.24. The van der Waals surface area contributed by atoms with Crippen LogP contribution < -0.4 is 10.2 Å². The smallest absolute Gasteiger partial charge is 0.277 e. The summed E-state index contributed by atoms with van der Waals surface area (Å²) >= 11 is 0. The first kappa shape index (κ1) is 14.8. The lowest BCUT2D eigenvalue weighted by Gasteiger charge is -2.05. The number of benzene rings is 2. The molecule has 1 N–H and O–H groups in total. The summed E-state index contributed by atoms with van der Waals surface area (Å²) in [5.74, 6) is 0.382. The van der Waals surface area contributed by atoms with Crippen molar-refractivity contribution >= 4 is 12.1 Å². The average Bonchev–Trinajstić information content (AvgIpc) is 2.47. The zero-order chi connectivity index (χ0) is 15.1. The standard InChI is InChI=1S/C17H18N2O2/c1-13-6-8-15(9-7-13)11-18-19-17(20)12-21-16-5-3-4-14(2)10-16/h3-11H,12H2,1-2H3,(H,19,20). The molecule has 0 radical (unpaired) electrons. The second-order valence-electron chi connectivity index (χ2n) is 4.81. The van der Waals surface area contributed by atoms with Crippen LogP contribution in [0.1, 0.15) is 16.7 Å². The maximum Gasteiger partial charge on any atom is 0.277 e. The van der Waals surface area contributed by atoms with E-state index < -0.39 is 0 Å². The summed E-state index contributed by atoms with van der Waals surface area (Å²) in [5.41, 5.74) is 5.64. The molecule has 1 amide bonds. The molecule has 0 atom stereocenters. The normalized spacial score (nSPS) is 10.6. The Morgan fingerprint density at radius 3 is 2.62 bits per heavy atom. The summed E-state index contributed by atoms with van der Waals surface area (Å²) in [7, 11) is 0. The van der Waals surface area contributed by atoms with E-state index in [1.165, 1.54) is 5.56 Å². The van der Waals surface area contributed by atoms with Crippen LogP contribution in [0.15, 0.2) is 53.6 Å². The quantitative estimate of drug-likeness (QED) is 0.677. The molecule has 108 valence electrons. The molecule has 4 heteroatoms. The highest BCUT2D eigenvalue weighted by atomic mass is 16.5. The number of ether oxygens (including phenoxy) is 1. The molecule has 0 saturated carbocycles. The van der Waals surface area contributed by atoms with Crippen LogP contribution >= 0.6 is 0 Å². The molecular weight excluding hydrogens is 264 g/mol. The number of nitrogens with one attached hydrogen (secondary N) is 1. The molecule has 0 aromatic heterocycles. The van der Waals surface area contributed by atoms with Gasteiger partial charge in [0.1, 0.15) is 5.75 Å². The highest BCUT2D eigenvalue weighted by molar-refractivity contribution is 5.82. The first-order valence-electron chi connectivity index (χ1n) is 6.71. The van der Waals surface area contributed by atoms with Crippen LogP contribution in [0.2, 0.25) is 0 Å². The van der Waals surface area contributed by atoms with Gasteiger partial charge in [-0.1, -0.05) is 42.0 Å². The summed E-state index contributed by atoms with van der Waals surface area (Å²) in [6, 6.07) is 15.4. The van der Waals surface area contributed by atoms with Crippen molar-refractivity contribution < 1.29 is 9.53 Å². The van der Waals surface area contributed by atoms with Gasteiger partial charge in [0.15, 0.2) is 6.61 Å². The van der Waals surface area contributed by atoms with E-state index in [1.54, 1.807) is 6.21 Å². The number of hydrogen-bond donors (Lipinski definition) is 1. The highest BCUT2D eigenvalue weighted by Crippen LogP contribution is 2.11. The van der Waals surface area contributed by atoms with Crippen molar-refractivity contribution in [2.75, 3.05) is 6.61 Å². The van der Waals surface area contributed by atoms with Gasteiger partial charge in [0.05, 0.1) is 6.21 Å². The third kappa shape index (κ3) is 5.10. The number of carbonyl (C=O) groups excluding carboxylic acids is 1. The molecule has 0 unspecified atom stereocenters. The van der Waals surface area contributed by atoms with Gasteiger partial charge in [-0.25, -0.2) is 5.43 Å². The first-order valence-corrected chi connectivity index (χ1v) is 6.71. The minimum atomic E-state index is -0.292. The Morgan fingerprint density at radius 2 is 1.90 bits per heavy atom. The van der Waals surface area contributed by atoms with Gasteiger partial charge in [-0.3, -0.25) is 4.79 Å². The molecule has 0 aliphatic heterocycles. The molecule has 2 aromatic carbocycles. The Morgan fingerprint density at radius 1 is 1.14 bits per heavy atom. The van der Waals surface area contributed by atoms with Gasteiger partial charge in [-0.2, -0.15) is 5.10 Å². The van der Waals surface area contributed by atoms with Gasteiger partial charge in [0.25, 0.3) is 5.91 Å². The number of hydrogen-bond acceptors (Lipinski definition) is 3. The summed E-state index contributed by atoms with van der Waals surface area (Å²) in [6.07, 6.45) is 1.60. The second kappa shape index (κ2) is 7.24. The maximum atomic E-state index is 11.6. The van der Waals surface area contributed by atoms with E-state index in [1.807, 2.05) is 62.4 Å². The van der Waals surface area contributed by atoms with E-state index in [0.717, 1.165) is 11.1 Å². The van der Waals surface area contributed by atoms with Crippen LogP contribution in [-0.2, 0) is 4.79 Å². The third-order valence-electron chi connectivity index (χ3n) is 2.84. The number of carbonyl (C=O) groups is 1. The van der Waals surface area contributed by atoms with Crippen molar-refractivity contribution in [3.8, 4) is 5.75 Å². The lowest BCUT2D eigenvalue weighted by molar-refractivity contribution is -0.123. The Bertz CT molecular complexity index is 633. The second-order valence-corrected chi connectivity index (χ2v) is 4.81. The molecule has 0 spiro atoms. The first-order chi connectivity index (χ1) is 10.1.